The SMILES string of the molecule is CCOC(=O)[C@@H](NS(=O)(=O)c1ccc([N+](=O)[O-])cc1)C(C)C. The fourth-order valence-electron chi connectivity index (χ4n) is 1.67. The lowest BCUT2D eigenvalue weighted by atomic mass is 10.1. The highest BCUT2D eigenvalue weighted by Gasteiger charge is 2.29. The number of sulfonamides is 1. The van der Waals surface area contributed by atoms with Gasteiger partial charge in [0.2, 0.25) is 10.0 Å². The topological polar surface area (TPSA) is 116 Å². The van der Waals surface area contributed by atoms with E-state index in [9.17, 15) is 23.3 Å². The quantitative estimate of drug-likeness (QED) is 0.460. The third kappa shape index (κ3) is 4.50. The van der Waals surface area contributed by atoms with Gasteiger partial charge in [0, 0.05) is 12.1 Å². The molecule has 0 fully saturated rings. The number of hydrogen-bond donors (Lipinski definition) is 1. The van der Waals surface area contributed by atoms with Gasteiger partial charge in [-0.3, -0.25) is 14.9 Å². The first-order valence-electron chi connectivity index (χ1n) is 6.62. The summed E-state index contributed by atoms with van der Waals surface area (Å²) in [6.45, 7) is 5.13. The molecule has 0 bridgehead atoms. The molecule has 0 radical (unpaired) electrons. The number of nitro groups is 1. The van der Waals surface area contributed by atoms with Gasteiger partial charge >= 0.3 is 5.97 Å². The number of nitrogens with zero attached hydrogens (tertiary/aromatic N) is 1. The van der Waals surface area contributed by atoms with E-state index in [1.165, 1.54) is 0 Å². The zero-order chi connectivity index (χ0) is 16.9. The number of carbonyl (C=O) groups is 1. The van der Waals surface area contributed by atoms with Crippen molar-refractivity contribution in [3.63, 3.8) is 0 Å². The van der Waals surface area contributed by atoms with Crippen LogP contribution in [0.2, 0.25) is 0 Å². The highest BCUT2D eigenvalue weighted by atomic mass is 32.2. The Bertz CT molecular complexity index is 639. The van der Waals surface area contributed by atoms with Gasteiger partial charge in [-0.1, -0.05) is 13.8 Å². The maximum Gasteiger partial charge on any atom is 0.324 e. The number of rotatable bonds is 7. The number of ether oxygens (including phenoxy) is 1. The van der Waals surface area contributed by atoms with Crippen LogP contribution in [0.3, 0.4) is 0 Å². The molecule has 122 valence electrons. The summed E-state index contributed by atoms with van der Waals surface area (Å²) in [6, 6.07) is 3.37. The van der Waals surface area contributed by atoms with Crippen LogP contribution in [0.4, 0.5) is 5.69 Å². The van der Waals surface area contributed by atoms with Gasteiger partial charge in [-0.2, -0.15) is 4.72 Å². The summed E-state index contributed by atoms with van der Waals surface area (Å²) in [5.74, 6) is -0.977. The van der Waals surface area contributed by atoms with Crippen LogP contribution in [0.25, 0.3) is 0 Å². The average Bonchev–Trinajstić information content (AvgIpc) is 2.44. The normalized spacial score (nSPS) is 12.9. The van der Waals surface area contributed by atoms with Crippen molar-refractivity contribution in [1.82, 2.24) is 4.72 Å². The minimum Gasteiger partial charge on any atom is -0.465 e. The summed E-state index contributed by atoms with van der Waals surface area (Å²) in [7, 11) is -3.98. The van der Waals surface area contributed by atoms with Gasteiger partial charge in [0.1, 0.15) is 6.04 Å². The molecule has 0 aliphatic heterocycles. The van der Waals surface area contributed by atoms with Crippen LogP contribution in [0.1, 0.15) is 20.8 Å². The maximum atomic E-state index is 12.2. The van der Waals surface area contributed by atoms with Crippen LogP contribution in [0.15, 0.2) is 29.2 Å². The molecule has 1 aromatic carbocycles. The first-order valence-corrected chi connectivity index (χ1v) is 8.10. The van der Waals surface area contributed by atoms with Crippen molar-refractivity contribution in [3.8, 4) is 0 Å². The summed E-state index contributed by atoms with van der Waals surface area (Å²) < 4.78 is 31.6. The first kappa shape index (κ1) is 18.1. The molecule has 22 heavy (non-hydrogen) atoms. The third-order valence-electron chi connectivity index (χ3n) is 2.85. The van der Waals surface area contributed by atoms with Crippen LogP contribution in [0, 0.1) is 16.0 Å². The lowest BCUT2D eigenvalue weighted by Crippen LogP contribution is -2.45. The highest BCUT2D eigenvalue weighted by molar-refractivity contribution is 7.89. The van der Waals surface area contributed by atoms with E-state index in [0.717, 1.165) is 24.3 Å². The molecule has 0 unspecified atom stereocenters. The van der Waals surface area contributed by atoms with Crippen LogP contribution < -0.4 is 4.72 Å². The molecule has 0 saturated heterocycles. The second-order valence-corrected chi connectivity index (χ2v) is 6.56. The molecule has 0 aliphatic rings. The summed E-state index contributed by atoms with van der Waals surface area (Å²) >= 11 is 0. The van der Waals surface area contributed by atoms with Crippen LogP contribution in [-0.2, 0) is 19.6 Å². The van der Waals surface area contributed by atoms with E-state index in [2.05, 4.69) is 4.72 Å². The molecule has 9 heteroatoms. The number of carbonyl (C=O) groups excluding carboxylic acids is 1. The molecule has 1 atom stereocenters. The second-order valence-electron chi connectivity index (χ2n) is 4.85. The van der Waals surface area contributed by atoms with E-state index >= 15 is 0 Å². The van der Waals surface area contributed by atoms with Crippen molar-refractivity contribution >= 4 is 21.7 Å². The number of benzene rings is 1. The van der Waals surface area contributed by atoms with Crippen molar-refractivity contribution in [2.24, 2.45) is 5.92 Å². The molecule has 1 N–H and O–H groups in total. The van der Waals surface area contributed by atoms with Gasteiger partial charge in [-0.25, -0.2) is 8.42 Å². The van der Waals surface area contributed by atoms with Crippen LogP contribution in [-0.4, -0.2) is 32.0 Å². The molecule has 0 heterocycles. The summed E-state index contributed by atoms with van der Waals surface area (Å²) in [5.41, 5.74) is -0.218. The van der Waals surface area contributed by atoms with Crippen molar-refractivity contribution < 1.29 is 22.9 Å². The highest BCUT2D eigenvalue weighted by Crippen LogP contribution is 2.17. The lowest BCUT2D eigenvalue weighted by molar-refractivity contribution is -0.384. The minimum atomic E-state index is -3.98. The Balaban J connectivity index is 3.01. The second kappa shape index (κ2) is 7.32. The Kier molecular flexibility index (Phi) is 6.01. The number of nitro benzene ring substituents is 1. The predicted molar refractivity (Wildman–Crippen MR) is 78.7 cm³/mol. The minimum absolute atomic E-state index is 0.140. The summed E-state index contributed by atoms with van der Waals surface area (Å²) in [5, 5.41) is 10.6. The molecule has 0 aliphatic carbocycles. The molecular weight excluding hydrogens is 312 g/mol. The Morgan fingerprint density at radius 2 is 1.86 bits per heavy atom. The number of esters is 1. The first-order chi connectivity index (χ1) is 10.2. The summed E-state index contributed by atoms with van der Waals surface area (Å²) in [4.78, 5) is 21.6. The van der Waals surface area contributed by atoms with E-state index in [4.69, 9.17) is 4.74 Å². The molecule has 1 aromatic rings. The maximum absolute atomic E-state index is 12.2. The van der Waals surface area contributed by atoms with Gasteiger partial charge in [0.25, 0.3) is 5.69 Å². The molecule has 0 saturated carbocycles. The Labute approximate surface area is 128 Å². The fraction of sp³-hybridized carbons (Fsp3) is 0.462. The number of non-ortho nitro benzene ring substituents is 1. The molecule has 8 nitrogen and oxygen atoms in total. The van der Waals surface area contributed by atoms with Gasteiger partial charge in [-0.05, 0) is 25.0 Å². The molecule has 1 rings (SSSR count). The van der Waals surface area contributed by atoms with Crippen molar-refractivity contribution in [3.05, 3.63) is 34.4 Å². The monoisotopic (exact) mass is 330 g/mol. The van der Waals surface area contributed by atoms with Gasteiger partial charge in [0.05, 0.1) is 16.4 Å². The average molecular weight is 330 g/mol. The van der Waals surface area contributed by atoms with Crippen LogP contribution in [0.5, 0.6) is 0 Å². The zero-order valence-electron chi connectivity index (χ0n) is 12.5. The predicted octanol–water partition coefficient (Wildman–Crippen LogP) is 1.46. The van der Waals surface area contributed by atoms with E-state index in [0.29, 0.717) is 0 Å². The molecular formula is C13H18N2O6S. The summed E-state index contributed by atoms with van der Waals surface area (Å²) in [6.07, 6.45) is 0. The third-order valence-corrected chi connectivity index (χ3v) is 4.30. The fourth-order valence-corrected chi connectivity index (χ4v) is 3.00. The van der Waals surface area contributed by atoms with Crippen molar-refractivity contribution in [1.29, 1.82) is 0 Å². The van der Waals surface area contributed by atoms with E-state index in [-0.39, 0.29) is 23.1 Å². The molecule has 0 aromatic heterocycles. The van der Waals surface area contributed by atoms with Crippen molar-refractivity contribution in [2.75, 3.05) is 6.61 Å². The Morgan fingerprint density at radius 3 is 2.27 bits per heavy atom. The van der Waals surface area contributed by atoms with Crippen molar-refractivity contribution in [2.45, 2.75) is 31.7 Å². The van der Waals surface area contributed by atoms with E-state index < -0.39 is 27.0 Å². The largest absolute Gasteiger partial charge is 0.465 e. The Morgan fingerprint density at radius 1 is 1.32 bits per heavy atom. The van der Waals surface area contributed by atoms with Gasteiger partial charge in [-0.15, -0.1) is 0 Å². The number of hydrogen-bond acceptors (Lipinski definition) is 6. The van der Waals surface area contributed by atoms with Gasteiger partial charge in [0.15, 0.2) is 0 Å². The standard InChI is InChI=1S/C13H18N2O6S/c1-4-21-13(16)12(9(2)3)14-22(19,20)11-7-5-10(6-8-11)15(17)18/h5-9,12,14H,4H2,1-3H3/t12-/m0/s1. The van der Waals surface area contributed by atoms with E-state index in [1.807, 2.05) is 0 Å². The zero-order valence-corrected chi connectivity index (χ0v) is 13.3. The van der Waals surface area contributed by atoms with Gasteiger partial charge < -0.3 is 4.74 Å². The smallest absolute Gasteiger partial charge is 0.324 e. The number of nitrogens with one attached hydrogen (secondary N) is 1. The molecule has 0 spiro atoms. The molecule has 0 amide bonds. The van der Waals surface area contributed by atoms with E-state index in [1.54, 1.807) is 20.8 Å². The van der Waals surface area contributed by atoms with Crippen LogP contribution >= 0.6 is 0 Å². The lowest BCUT2D eigenvalue weighted by Gasteiger charge is -2.20. The Hall–Kier alpha value is -2.00.